The van der Waals surface area contributed by atoms with Gasteiger partial charge < -0.3 is 5.73 Å². The molecule has 0 bridgehead atoms. The summed E-state index contributed by atoms with van der Waals surface area (Å²) in [5.74, 6) is -1.70. The van der Waals surface area contributed by atoms with Crippen LogP contribution in [0.3, 0.4) is 0 Å². The Morgan fingerprint density at radius 2 is 1.54 bits per heavy atom. The number of benzene rings is 3. The molecule has 0 saturated heterocycles. The Morgan fingerprint density at radius 3 is 2.15 bits per heavy atom. The molecule has 0 aliphatic rings. The van der Waals surface area contributed by atoms with Crippen LogP contribution >= 0.6 is 0 Å². The molecule has 3 N–H and O–H groups in total. The van der Waals surface area contributed by atoms with Crippen molar-refractivity contribution in [2.75, 3.05) is 5.73 Å². The molecule has 0 saturated carbocycles. The summed E-state index contributed by atoms with van der Waals surface area (Å²) in [6, 6.07) is 10.0. The Hall–Kier alpha value is -1.91. The molecule has 0 atom stereocenters. The van der Waals surface area contributed by atoms with Crippen LogP contribution in [-0.2, 0) is 10.1 Å². The van der Waals surface area contributed by atoms with Gasteiger partial charge in [-0.25, -0.2) is 8.78 Å². The fourth-order valence-corrected chi connectivity index (χ4v) is 3.03. The van der Waals surface area contributed by atoms with E-state index in [0.717, 1.165) is 18.2 Å². The van der Waals surface area contributed by atoms with Crippen molar-refractivity contribution in [3.05, 3.63) is 60.2 Å². The third kappa shape index (κ3) is 4.08. The van der Waals surface area contributed by atoms with E-state index >= 15 is 0 Å². The number of hydrogen-bond donors (Lipinski definition) is 2. The maximum absolute atomic E-state index is 13.6. The van der Waals surface area contributed by atoms with Crippen molar-refractivity contribution in [2.45, 2.75) is 4.90 Å². The van der Waals surface area contributed by atoms with Gasteiger partial charge in [0.2, 0.25) is 0 Å². The Labute approximate surface area is 169 Å². The van der Waals surface area contributed by atoms with Gasteiger partial charge in [0.1, 0.15) is 22.1 Å². The number of fused-ring (bicyclic) bond motifs is 1. The Balaban J connectivity index is 0.00000243. The van der Waals surface area contributed by atoms with E-state index in [1.54, 1.807) is 18.2 Å². The molecule has 3 rings (SSSR count). The summed E-state index contributed by atoms with van der Waals surface area (Å²) >= 11 is 0. The average Bonchev–Trinajstić information content (AvgIpc) is 2.54. The summed E-state index contributed by atoms with van der Waals surface area (Å²) in [5.41, 5.74) is 5.76. The Morgan fingerprint density at radius 1 is 0.923 bits per heavy atom. The van der Waals surface area contributed by atoms with Crippen LogP contribution in [0.4, 0.5) is 25.8 Å². The third-order valence-corrected chi connectivity index (χ3v) is 4.37. The zero-order valence-corrected chi connectivity index (χ0v) is 16.3. The van der Waals surface area contributed by atoms with E-state index in [9.17, 15) is 21.8 Å². The van der Waals surface area contributed by atoms with Crippen molar-refractivity contribution in [1.29, 1.82) is 0 Å². The minimum atomic E-state index is -4.55. The van der Waals surface area contributed by atoms with Crippen LogP contribution in [-0.4, -0.2) is 42.5 Å². The van der Waals surface area contributed by atoms with E-state index in [2.05, 4.69) is 10.2 Å². The minimum absolute atomic E-state index is 0. The number of azo groups is 1. The molecule has 3 aromatic carbocycles. The van der Waals surface area contributed by atoms with Crippen molar-refractivity contribution >= 4 is 67.5 Å². The van der Waals surface area contributed by atoms with E-state index in [-0.39, 0.29) is 52.0 Å². The summed E-state index contributed by atoms with van der Waals surface area (Å²) in [4.78, 5) is -0.397. The van der Waals surface area contributed by atoms with Crippen LogP contribution in [0.1, 0.15) is 0 Å². The van der Waals surface area contributed by atoms with Crippen molar-refractivity contribution in [3.63, 3.8) is 0 Å². The molecule has 6 nitrogen and oxygen atoms in total. The second-order valence-electron chi connectivity index (χ2n) is 5.12. The Kier molecular flexibility index (Phi) is 6.09. The van der Waals surface area contributed by atoms with Crippen LogP contribution in [0.2, 0.25) is 0 Å². The molecule has 0 aliphatic carbocycles. The first-order valence-corrected chi connectivity index (χ1v) is 8.37. The first-order chi connectivity index (χ1) is 11.8. The fourth-order valence-electron chi connectivity index (χ4n) is 2.32. The summed E-state index contributed by atoms with van der Waals surface area (Å²) in [6.07, 6.45) is 0. The maximum Gasteiger partial charge on any atom is 0.295 e. The summed E-state index contributed by atoms with van der Waals surface area (Å²) in [5, 5.41) is 7.94. The molecule has 0 fully saturated rings. The van der Waals surface area contributed by atoms with Crippen LogP contribution in [0, 0.1) is 11.6 Å². The zero-order valence-electron chi connectivity index (χ0n) is 13.5. The van der Waals surface area contributed by atoms with E-state index in [0.29, 0.717) is 11.5 Å². The van der Waals surface area contributed by atoms with E-state index in [1.807, 2.05) is 0 Å². The van der Waals surface area contributed by atoms with Gasteiger partial charge in [0.05, 0.1) is 5.69 Å². The molecule has 3 aromatic rings. The minimum Gasteiger partial charge on any atom is -0.396 e. The van der Waals surface area contributed by atoms with Gasteiger partial charge in [0.15, 0.2) is 5.82 Å². The van der Waals surface area contributed by atoms with Crippen LogP contribution in [0.15, 0.2) is 63.7 Å². The Bertz CT molecular complexity index is 1120. The quantitative estimate of drug-likeness (QED) is 0.307. The van der Waals surface area contributed by atoms with Crippen molar-refractivity contribution in [2.24, 2.45) is 10.2 Å². The molecule has 0 heterocycles. The number of nitrogens with two attached hydrogens (primary N) is 1. The van der Waals surface area contributed by atoms with E-state index in [1.165, 1.54) is 6.07 Å². The van der Waals surface area contributed by atoms with Gasteiger partial charge in [-0.05, 0) is 18.2 Å². The molecule has 0 aromatic heterocycles. The fraction of sp³-hybridized carbons (Fsp3) is 0. The van der Waals surface area contributed by atoms with Crippen LogP contribution < -0.4 is 5.73 Å². The van der Waals surface area contributed by atoms with Crippen LogP contribution in [0.25, 0.3) is 10.8 Å². The molecule has 0 spiro atoms. The second-order valence-corrected chi connectivity index (χ2v) is 6.51. The van der Waals surface area contributed by atoms with Crippen LogP contribution in [0.5, 0.6) is 0 Å². The van der Waals surface area contributed by atoms with Crippen molar-refractivity contribution in [3.8, 4) is 0 Å². The van der Waals surface area contributed by atoms with Crippen molar-refractivity contribution in [1.82, 2.24) is 0 Å². The monoisotopic (exact) mass is 386 g/mol. The number of halogens is 2. The first-order valence-electron chi connectivity index (χ1n) is 6.93. The number of anilines is 1. The molecule has 0 aliphatic heterocycles. The van der Waals surface area contributed by atoms with Crippen molar-refractivity contribution < 1.29 is 21.8 Å². The third-order valence-electron chi connectivity index (χ3n) is 3.48. The summed E-state index contributed by atoms with van der Waals surface area (Å²) in [6.45, 7) is 0. The number of nitrogens with zero attached hydrogens (tertiary/aromatic N) is 2. The SMILES string of the molecule is Nc1c(N=Nc2ccc(F)cc2F)cc(S(=O)(=O)O)c2ccccc12.[Na]. The molecule has 26 heavy (non-hydrogen) atoms. The van der Waals surface area contributed by atoms with Gasteiger partial charge in [-0.2, -0.15) is 8.42 Å². The van der Waals surface area contributed by atoms with Gasteiger partial charge in [0.25, 0.3) is 10.1 Å². The van der Waals surface area contributed by atoms with Gasteiger partial charge in [-0.3, -0.25) is 4.55 Å². The average molecular weight is 386 g/mol. The maximum atomic E-state index is 13.6. The molecule has 129 valence electrons. The van der Waals surface area contributed by atoms with E-state index < -0.39 is 26.6 Å². The first kappa shape index (κ1) is 20.4. The smallest absolute Gasteiger partial charge is 0.295 e. The van der Waals surface area contributed by atoms with Gasteiger partial charge >= 0.3 is 0 Å². The predicted octanol–water partition coefficient (Wildman–Crippen LogP) is 3.98. The standard InChI is InChI=1S/C16H11F2N3O3S.Na/c17-9-5-6-13(12(18)7-9)20-21-14-8-15(25(22,23)24)10-3-1-2-4-11(10)16(14)19;/h1-8H,19H2,(H,22,23,24);. The number of rotatable bonds is 3. The molecule has 10 heteroatoms. The number of hydrogen-bond acceptors (Lipinski definition) is 5. The topological polar surface area (TPSA) is 105 Å². The normalized spacial score (nSPS) is 11.7. The molecule has 0 amide bonds. The molecule has 0 unspecified atom stereocenters. The summed E-state index contributed by atoms with van der Waals surface area (Å²) < 4.78 is 59.2. The largest absolute Gasteiger partial charge is 0.396 e. The van der Waals surface area contributed by atoms with Gasteiger partial charge in [-0.1, -0.05) is 24.3 Å². The second kappa shape index (κ2) is 7.77. The number of nitrogen functional groups attached to an aromatic ring is 1. The van der Waals surface area contributed by atoms with Gasteiger partial charge in [0, 0.05) is 46.4 Å². The molecular weight excluding hydrogens is 375 g/mol. The molecule has 1 radical (unpaired) electrons. The van der Waals surface area contributed by atoms with Gasteiger partial charge in [-0.15, -0.1) is 10.2 Å². The van der Waals surface area contributed by atoms with E-state index in [4.69, 9.17) is 5.73 Å². The molecular formula is C16H11F2N3NaO3S. The zero-order chi connectivity index (χ0) is 18.2. The summed E-state index contributed by atoms with van der Waals surface area (Å²) in [7, 11) is -4.55. The predicted molar refractivity (Wildman–Crippen MR) is 94.5 cm³/mol.